The number of benzene rings is 1. The zero-order chi connectivity index (χ0) is 18.0. The SMILES string of the molecule is COC(=O)c1c(OC)c(=O)c2ccc(O)c(CC=C(C)C)c2n1C. The van der Waals surface area contributed by atoms with Crippen LogP contribution < -0.4 is 10.2 Å². The maximum Gasteiger partial charge on any atom is 0.358 e. The van der Waals surface area contributed by atoms with E-state index in [0.29, 0.717) is 22.9 Å². The van der Waals surface area contributed by atoms with Crippen LogP contribution in [0.5, 0.6) is 11.5 Å². The van der Waals surface area contributed by atoms with Gasteiger partial charge in [-0.1, -0.05) is 11.6 Å². The first-order valence-electron chi connectivity index (χ1n) is 7.46. The van der Waals surface area contributed by atoms with Crippen molar-refractivity contribution in [2.75, 3.05) is 14.2 Å². The summed E-state index contributed by atoms with van der Waals surface area (Å²) in [6.07, 6.45) is 2.38. The number of carbonyl (C=O) groups is 1. The van der Waals surface area contributed by atoms with Gasteiger partial charge in [-0.2, -0.15) is 0 Å². The minimum absolute atomic E-state index is 0.0153. The van der Waals surface area contributed by atoms with Crippen molar-refractivity contribution in [3.05, 3.63) is 45.3 Å². The van der Waals surface area contributed by atoms with Gasteiger partial charge in [0.25, 0.3) is 0 Å². The van der Waals surface area contributed by atoms with E-state index in [1.165, 1.54) is 30.9 Å². The molecule has 0 atom stereocenters. The fraction of sp³-hybridized carbons (Fsp3) is 0.333. The van der Waals surface area contributed by atoms with Crippen LogP contribution >= 0.6 is 0 Å². The number of methoxy groups -OCH3 is 2. The smallest absolute Gasteiger partial charge is 0.358 e. The summed E-state index contributed by atoms with van der Waals surface area (Å²) < 4.78 is 11.5. The molecule has 1 heterocycles. The van der Waals surface area contributed by atoms with Crippen LogP contribution in [0.2, 0.25) is 0 Å². The number of nitrogens with zero attached hydrogens (tertiary/aromatic N) is 1. The molecule has 0 fully saturated rings. The number of allylic oxidation sites excluding steroid dienone is 2. The van der Waals surface area contributed by atoms with Crippen LogP contribution in [0.3, 0.4) is 0 Å². The number of phenols is 1. The van der Waals surface area contributed by atoms with Crippen LogP contribution in [0.1, 0.15) is 29.9 Å². The van der Waals surface area contributed by atoms with Crippen molar-refractivity contribution in [1.82, 2.24) is 4.57 Å². The van der Waals surface area contributed by atoms with E-state index in [2.05, 4.69) is 0 Å². The zero-order valence-corrected chi connectivity index (χ0v) is 14.5. The number of hydrogen-bond acceptors (Lipinski definition) is 5. The number of ether oxygens (including phenoxy) is 2. The zero-order valence-electron chi connectivity index (χ0n) is 14.5. The molecule has 0 amide bonds. The second-order valence-electron chi connectivity index (χ2n) is 5.71. The van der Waals surface area contributed by atoms with E-state index >= 15 is 0 Å². The van der Waals surface area contributed by atoms with Crippen molar-refractivity contribution in [2.45, 2.75) is 20.3 Å². The Morgan fingerprint density at radius 2 is 1.96 bits per heavy atom. The molecule has 6 nitrogen and oxygen atoms in total. The van der Waals surface area contributed by atoms with Crippen LogP contribution in [0.4, 0.5) is 0 Å². The van der Waals surface area contributed by atoms with Gasteiger partial charge in [0.05, 0.1) is 25.1 Å². The highest BCUT2D eigenvalue weighted by atomic mass is 16.5. The van der Waals surface area contributed by atoms with Crippen LogP contribution in [0, 0.1) is 0 Å². The molecule has 0 saturated heterocycles. The third-order valence-electron chi connectivity index (χ3n) is 3.89. The lowest BCUT2D eigenvalue weighted by Gasteiger charge is -2.17. The maximum atomic E-state index is 12.7. The molecular weight excluding hydrogens is 310 g/mol. The van der Waals surface area contributed by atoms with E-state index in [4.69, 9.17) is 9.47 Å². The molecule has 1 aromatic heterocycles. The van der Waals surface area contributed by atoms with Gasteiger partial charge in [-0.3, -0.25) is 4.79 Å². The van der Waals surface area contributed by atoms with E-state index in [0.717, 1.165) is 5.57 Å². The summed E-state index contributed by atoms with van der Waals surface area (Å²) in [7, 11) is 4.21. The van der Waals surface area contributed by atoms with Gasteiger partial charge in [0, 0.05) is 12.6 Å². The van der Waals surface area contributed by atoms with Gasteiger partial charge in [0.15, 0.2) is 11.4 Å². The normalized spacial score (nSPS) is 10.5. The summed E-state index contributed by atoms with van der Waals surface area (Å²) in [4.78, 5) is 24.8. The Morgan fingerprint density at radius 3 is 2.50 bits per heavy atom. The molecule has 0 radical (unpaired) electrons. The molecule has 2 aromatic rings. The molecule has 0 aliphatic heterocycles. The molecule has 0 spiro atoms. The molecule has 128 valence electrons. The Balaban J connectivity index is 2.98. The summed E-state index contributed by atoms with van der Waals surface area (Å²) in [5, 5.41) is 10.6. The lowest BCUT2D eigenvalue weighted by Crippen LogP contribution is -2.21. The molecule has 0 unspecified atom stereocenters. The first-order chi connectivity index (χ1) is 11.3. The number of phenolic OH excluding ortho intramolecular Hbond substituents is 1. The Kier molecular flexibility index (Phi) is 4.97. The minimum atomic E-state index is -0.676. The fourth-order valence-corrected chi connectivity index (χ4v) is 2.71. The highest BCUT2D eigenvalue weighted by Crippen LogP contribution is 2.30. The first kappa shape index (κ1) is 17.6. The largest absolute Gasteiger partial charge is 0.508 e. The van der Waals surface area contributed by atoms with Gasteiger partial charge in [0.2, 0.25) is 5.43 Å². The van der Waals surface area contributed by atoms with Gasteiger partial charge in [-0.05, 0) is 32.4 Å². The summed E-state index contributed by atoms with van der Waals surface area (Å²) in [6, 6.07) is 3.01. The molecule has 0 aliphatic carbocycles. The van der Waals surface area contributed by atoms with Crippen molar-refractivity contribution < 1.29 is 19.4 Å². The Morgan fingerprint density at radius 1 is 1.29 bits per heavy atom. The molecule has 6 heteroatoms. The highest BCUT2D eigenvalue weighted by Gasteiger charge is 2.24. The number of rotatable bonds is 4. The number of esters is 1. The van der Waals surface area contributed by atoms with Gasteiger partial charge in [-0.15, -0.1) is 0 Å². The molecule has 0 aliphatic rings. The quantitative estimate of drug-likeness (QED) is 0.688. The van der Waals surface area contributed by atoms with Gasteiger partial charge < -0.3 is 19.1 Å². The van der Waals surface area contributed by atoms with Crippen molar-refractivity contribution in [3.8, 4) is 11.5 Å². The Labute approximate surface area is 139 Å². The van der Waals surface area contributed by atoms with Crippen LogP contribution in [0.15, 0.2) is 28.6 Å². The second-order valence-corrected chi connectivity index (χ2v) is 5.71. The number of aromatic hydroxyl groups is 1. The third kappa shape index (κ3) is 2.87. The van der Waals surface area contributed by atoms with Crippen molar-refractivity contribution in [1.29, 1.82) is 0 Å². The van der Waals surface area contributed by atoms with Gasteiger partial charge in [-0.25, -0.2) is 4.79 Å². The lowest BCUT2D eigenvalue weighted by atomic mass is 10.0. The topological polar surface area (TPSA) is 77.8 Å². The van der Waals surface area contributed by atoms with Crippen molar-refractivity contribution in [3.63, 3.8) is 0 Å². The minimum Gasteiger partial charge on any atom is -0.508 e. The molecular formula is C18H21NO5. The molecule has 0 saturated carbocycles. The predicted octanol–water partition coefficient (Wildman–Crippen LogP) is 2.55. The van der Waals surface area contributed by atoms with E-state index in [-0.39, 0.29) is 17.2 Å². The van der Waals surface area contributed by atoms with Gasteiger partial charge >= 0.3 is 5.97 Å². The third-order valence-corrected chi connectivity index (χ3v) is 3.89. The summed E-state index contributed by atoms with van der Waals surface area (Å²) in [6.45, 7) is 3.90. The summed E-state index contributed by atoms with van der Waals surface area (Å²) in [5.41, 5.74) is 1.74. The van der Waals surface area contributed by atoms with E-state index in [9.17, 15) is 14.7 Å². The van der Waals surface area contributed by atoms with Crippen molar-refractivity contribution in [2.24, 2.45) is 7.05 Å². The van der Waals surface area contributed by atoms with E-state index < -0.39 is 11.4 Å². The highest BCUT2D eigenvalue weighted by molar-refractivity contribution is 5.96. The summed E-state index contributed by atoms with van der Waals surface area (Å²) >= 11 is 0. The fourth-order valence-electron chi connectivity index (χ4n) is 2.71. The number of fused-ring (bicyclic) bond motifs is 1. The average Bonchev–Trinajstić information content (AvgIpc) is 2.55. The summed E-state index contributed by atoms with van der Waals surface area (Å²) in [5.74, 6) is -0.684. The van der Waals surface area contributed by atoms with Crippen LogP contribution in [-0.2, 0) is 18.2 Å². The van der Waals surface area contributed by atoms with Crippen LogP contribution in [0.25, 0.3) is 10.9 Å². The number of hydrogen-bond donors (Lipinski definition) is 1. The second kappa shape index (κ2) is 6.78. The Bertz CT molecular complexity index is 889. The number of aryl methyl sites for hydroxylation is 1. The van der Waals surface area contributed by atoms with E-state index in [1.54, 1.807) is 7.05 Å². The molecule has 24 heavy (non-hydrogen) atoms. The van der Waals surface area contributed by atoms with E-state index in [1.807, 2.05) is 19.9 Å². The number of aromatic nitrogens is 1. The van der Waals surface area contributed by atoms with Crippen LogP contribution in [-0.4, -0.2) is 29.9 Å². The first-order valence-corrected chi connectivity index (χ1v) is 7.46. The standard InChI is InChI=1S/C18H21NO5/c1-10(2)6-7-11-13(20)9-8-12-14(11)19(3)15(18(22)24-5)17(23-4)16(12)21/h6,8-9,20H,7H2,1-5H3. The Hall–Kier alpha value is -2.76. The molecule has 1 N–H and O–H groups in total. The number of pyridine rings is 1. The maximum absolute atomic E-state index is 12.7. The molecule has 0 bridgehead atoms. The predicted molar refractivity (Wildman–Crippen MR) is 91.9 cm³/mol. The number of carbonyl (C=O) groups excluding carboxylic acids is 1. The molecule has 2 rings (SSSR count). The monoisotopic (exact) mass is 331 g/mol. The average molecular weight is 331 g/mol. The molecule has 1 aromatic carbocycles. The van der Waals surface area contributed by atoms with Gasteiger partial charge in [0.1, 0.15) is 5.75 Å². The lowest BCUT2D eigenvalue weighted by molar-refractivity contribution is 0.0585. The van der Waals surface area contributed by atoms with Crippen molar-refractivity contribution >= 4 is 16.9 Å².